The molecule has 3 atom stereocenters. The number of hydrogen-bond acceptors (Lipinski definition) is 5. The molecule has 1 amide bonds. The van der Waals surface area contributed by atoms with Crippen LogP contribution in [0.15, 0.2) is 18.5 Å². The lowest BCUT2D eigenvalue weighted by Crippen LogP contribution is -2.38. The molecular formula is C18H21F3N6O. The minimum absolute atomic E-state index is 0.0795. The van der Waals surface area contributed by atoms with E-state index < -0.39 is 12.2 Å². The van der Waals surface area contributed by atoms with Crippen LogP contribution in [0, 0.1) is 6.92 Å². The molecule has 2 aromatic rings. The van der Waals surface area contributed by atoms with Gasteiger partial charge in [0.05, 0.1) is 23.6 Å². The highest BCUT2D eigenvalue weighted by molar-refractivity contribution is 5.92. The zero-order chi connectivity index (χ0) is 20.1. The molecule has 4 heterocycles. The number of anilines is 1. The molecule has 0 radical (unpaired) electrons. The van der Waals surface area contributed by atoms with Crippen molar-refractivity contribution in [3.8, 4) is 0 Å². The smallest absolute Gasteiger partial charge is 0.368 e. The standard InChI is InChI=1S/C18H21F3N6O/c1-10-6-15(18(19,20)21)27-16(24-10)7-12(25-27)14-4-3-5-26(14)17(28)13-9-22-11(2)8-23-13/h7-10,14-15,24H,3-6H2,1-2H3/t10-,14+,15-/m1/s1. The number of aromatic nitrogens is 4. The van der Waals surface area contributed by atoms with E-state index in [4.69, 9.17) is 0 Å². The van der Waals surface area contributed by atoms with Crippen molar-refractivity contribution >= 4 is 11.7 Å². The first-order valence-electron chi connectivity index (χ1n) is 9.26. The van der Waals surface area contributed by atoms with Crippen molar-refractivity contribution in [3.63, 3.8) is 0 Å². The zero-order valence-electron chi connectivity index (χ0n) is 15.6. The summed E-state index contributed by atoms with van der Waals surface area (Å²) in [6, 6.07) is -0.723. The Balaban J connectivity index is 1.64. The number of aryl methyl sites for hydroxylation is 1. The number of halogens is 3. The SMILES string of the molecule is Cc1cnc(C(=O)N2CCC[C@H]2c2cc3n(n2)[C@@H](C(F)(F)F)C[C@@H](C)N3)cn1. The van der Waals surface area contributed by atoms with Crippen LogP contribution in [0.4, 0.5) is 19.0 Å². The number of carbonyl (C=O) groups is 1. The number of fused-ring (bicyclic) bond motifs is 1. The largest absolute Gasteiger partial charge is 0.410 e. The van der Waals surface area contributed by atoms with E-state index in [9.17, 15) is 18.0 Å². The molecule has 2 aromatic heterocycles. The highest BCUT2D eigenvalue weighted by atomic mass is 19.4. The first-order valence-corrected chi connectivity index (χ1v) is 9.26. The van der Waals surface area contributed by atoms with Gasteiger partial charge in [0.25, 0.3) is 5.91 Å². The first kappa shape index (κ1) is 18.7. The van der Waals surface area contributed by atoms with Crippen LogP contribution in [0.2, 0.25) is 0 Å². The highest BCUT2D eigenvalue weighted by Gasteiger charge is 2.46. The molecule has 1 fully saturated rings. The maximum absolute atomic E-state index is 13.5. The van der Waals surface area contributed by atoms with Gasteiger partial charge < -0.3 is 10.2 Å². The molecule has 150 valence electrons. The molecule has 0 spiro atoms. The van der Waals surface area contributed by atoms with Crippen molar-refractivity contribution in [1.82, 2.24) is 24.6 Å². The van der Waals surface area contributed by atoms with Gasteiger partial charge in [-0.3, -0.25) is 9.78 Å². The van der Waals surface area contributed by atoms with Gasteiger partial charge >= 0.3 is 6.18 Å². The van der Waals surface area contributed by atoms with Crippen LogP contribution in [0.5, 0.6) is 0 Å². The molecule has 0 aromatic carbocycles. The quantitative estimate of drug-likeness (QED) is 0.846. The molecule has 1 saturated heterocycles. The predicted octanol–water partition coefficient (Wildman–Crippen LogP) is 3.27. The third-order valence-corrected chi connectivity index (χ3v) is 5.25. The molecule has 1 N–H and O–H groups in total. The Morgan fingerprint density at radius 2 is 2.07 bits per heavy atom. The summed E-state index contributed by atoms with van der Waals surface area (Å²) >= 11 is 0. The lowest BCUT2D eigenvalue weighted by atomic mass is 10.1. The van der Waals surface area contributed by atoms with Crippen LogP contribution in [0.1, 0.15) is 60.1 Å². The summed E-state index contributed by atoms with van der Waals surface area (Å²) in [5.74, 6) is 0.0557. The van der Waals surface area contributed by atoms with E-state index in [0.717, 1.165) is 11.1 Å². The third kappa shape index (κ3) is 3.31. The summed E-state index contributed by atoms with van der Waals surface area (Å²) in [7, 11) is 0. The fourth-order valence-electron chi connectivity index (χ4n) is 3.91. The molecule has 0 bridgehead atoms. The molecule has 4 rings (SSSR count). The molecular weight excluding hydrogens is 373 g/mol. The van der Waals surface area contributed by atoms with Crippen LogP contribution in [-0.4, -0.2) is 49.3 Å². The molecule has 0 aliphatic carbocycles. The van der Waals surface area contributed by atoms with Gasteiger partial charge in [-0.2, -0.15) is 18.3 Å². The Bertz CT molecular complexity index is 878. The number of nitrogens with one attached hydrogen (secondary N) is 1. The average molecular weight is 394 g/mol. The monoisotopic (exact) mass is 394 g/mol. The van der Waals surface area contributed by atoms with E-state index in [0.29, 0.717) is 30.2 Å². The second-order valence-electron chi connectivity index (χ2n) is 7.44. The molecule has 2 aliphatic heterocycles. The van der Waals surface area contributed by atoms with Gasteiger partial charge in [0.2, 0.25) is 0 Å². The van der Waals surface area contributed by atoms with Gasteiger partial charge in [0.1, 0.15) is 11.5 Å². The Labute approximate surface area is 160 Å². The summed E-state index contributed by atoms with van der Waals surface area (Å²) in [5, 5.41) is 7.32. The van der Waals surface area contributed by atoms with Crippen LogP contribution in [-0.2, 0) is 0 Å². The van der Waals surface area contributed by atoms with Crippen molar-refractivity contribution in [3.05, 3.63) is 35.5 Å². The molecule has 10 heteroatoms. The number of amides is 1. The lowest BCUT2D eigenvalue weighted by molar-refractivity contribution is -0.173. The van der Waals surface area contributed by atoms with Gasteiger partial charge in [-0.25, -0.2) is 9.67 Å². The van der Waals surface area contributed by atoms with Crippen molar-refractivity contribution in [2.75, 3.05) is 11.9 Å². The number of hydrogen-bond donors (Lipinski definition) is 1. The summed E-state index contributed by atoms with van der Waals surface area (Å²) < 4.78 is 41.4. The molecule has 2 aliphatic rings. The normalized spacial score (nSPS) is 24.8. The predicted molar refractivity (Wildman–Crippen MR) is 94.8 cm³/mol. The zero-order valence-corrected chi connectivity index (χ0v) is 15.6. The summed E-state index contributed by atoms with van der Waals surface area (Å²) in [4.78, 5) is 22.7. The fourth-order valence-corrected chi connectivity index (χ4v) is 3.91. The number of alkyl halides is 3. The number of nitrogens with zero attached hydrogens (tertiary/aromatic N) is 5. The Kier molecular flexibility index (Phi) is 4.51. The van der Waals surface area contributed by atoms with Crippen LogP contribution in [0.25, 0.3) is 0 Å². The highest BCUT2D eigenvalue weighted by Crippen LogP contribution is 2.41. The van der Waals surface area contributed by atoms with Gasteiger partial charge in [0.15, 0.2) is 6.04 Å². The summed E-state index contributed by atoms with van der Waals surface area (Å²) in [6.07, 6.45) is -0.111. The Hall–Kier alpha value is -2.65. The van der Waals surface area contributed by atoms with Crippen LogP contribution < -0.4 is 5.32 Å². The maximum atomic E-state index is 13.5. The van der Waals surface area contributed by atoms with Crippen molar-refractivity contribution in [1.29, 1.82) is 0 Å². The van der Waals surface area contributed by atoms with Crippen molar-refractivity contribution < 1.29 is 18.0 Å². The van der Waals surface area contributed by atoms with Gasteiger partial charge in [-0.1, -0.05) is 0 Å². The summed E-state index contributed by atoms with van der Waals surface area (Å²) in [6.45, 7) is 4.00. The summed E-state index contributed by atoms with van der Waals surface area (Å²) in [5.41, 5.74) is 1.40. The molecule has 28 heavy (non-hydrogen) atoms. The number of likely N-dealkylation sites (tertiary alicyclic amines) is 1. The first-order chi connectivity index (χ1) is 13.2. The van der Waals surface area contributed by atoms with Gasteiger partial charge in [0, 0.05) is 24.8 Å². The minimum Gasteiger partial charge on any atom is -0.368 e. The second-order valence-corrected chi connectivity index (χ2v) is 7.44. The van der Waals surface area contributed by atoms with E-state index in [1.54, 1.807) is 24.8 Å². The van der Waals surface area contributed by atoms with Gasteiger partial charge in [-0.15, -0.1) is 0 Å². The van der Waals surface area contributed by atoms with Crippen molar-refractivity contribution in [2.24, 2.45) is 0 Å². The van der Waals surface area contributed by atoms with Gasteiger partial charge in [-0.05, 0) is 33.1 Å². The van der Waals surface area contributed by atoms with Crippen LogP contribution in [0.3, 0.4) is 0 Å². The number of rotatable bonds is 2. The van der Waals surface area contributed by atoms with Crippen LogP contribution >= 0.6 is 0 Å². The number of carbonyl (C=O) groups excluding carboxylic acids is 1. The van der Waals surface area contributed by atoms with E-state index in [1.165, 1.54) is 12.4 Å². The molecule has 0 unspecified atom stereocenters. The van der Waals surface area contributed by atoms with E-state index in [-0.39, 0.29) is 30.1 Å². The topological polar surface area (TPSA) is 75.9 Å². The molecule has 7 nitrogen and oxygen atoms in total. The Morgan fingerprint density at radius 1 is 1.29 bits per heavy atom. The van der Waals surface area contributed by atoms with Crippen molar-refractivity contribution in [2.45, 2.75) is 57.4 Å². The maximum Gasteiger partial charge on any atom is 0.410 e. The lowest BCUT2D eigenvalue weighted by Gasteiger charge is -2.31. The molecule has 0 saturated carbocycles. The fraction of sp³-hybridized carbons (Fsp3) is 0.556. The van der Waals surface area contributed by atoms with E-state index in [2.05, 4.69) is 20.4 Å². The van der Waals surface area contributed by atoms with E-state index >= 15 is 0 Å². The third-order valence-electron chi connectivity index (χ3n) is 5.25. The van der Waals surface area contributed by atoms with E-state index in [1.807, 2.05) is 0 Å². The Morgan fingerprint density at radius 3 is 2.75 bits per heavy atom. The second kappa shape index (κ2) is 6.75. The average Bonchev–Trinajstić information content (AvgIpc) is 3.26. The minimum atomic E-state index is -4.38.